The standard InChI is InChI=1S/C17H33N5O.HI/c1-13(2)11-22-8-4-5-14(12-22)9-20-17(18-3)21-15-6-7-16(23)19-10-15;/h13-15H,4-12H2,1-3H3,(H,19,23)(H2,18,20,21);1H. The number of carbonyl (C=O) groups excluding carboxylic acids is 1. The molecular weight excluding hydrogens is 417 g/mol. The molecule has 2 atom stereocenters. The Morgan fingerprint density at radius 2 is 2.21 bits per heavy atom. The SMILES string of the molecule is CN=C(NCC1CCCN(CC(C)C)C1)NC1CCC(=O)NC1.I. The van der Waals surface area contributed by atoms with Gasteiger partial charge in [0, 0.05) is 45.7 Å². The quantitative estimate of drug-likeness (QED) is 0.336. The van der Waals surface area contributed by atoms with Crippen LogP contribution in [0.5, 0.6) is 0 Å². The Hall–Kier alpha value is -0.570. The molecule has 6 nitrogen and oxygen atoms in total. The number of halogens is 1. The van der Waals surface area contributed by atoms with Gasteiger partial charge in [0.15, 0.2) is 5.96 Å². The number of likely N-dealkylation sites (tertiary alicyclic amines) is 1. The summed E-state index contributed by atoms with van der Waals surface area (Å²) in [7, 11) is 1.81. The van der Waals surface area contributed by atoms with E-state index in [-0.39, 0.29) is 35.9 Å². The molecule has 0 saturated carbocycles. The molecule has 7 heteroatoms. The van der Waals surface area contributed by atoms with Crippen LogP contribution in [0.1, 0.15) is 39.5 Å². The van der Waals surface area contributed by atoms with Crippen LogP contribution in [0.2, 0.25) is 0 Å². The lowest BCUT2D eigenvalue weighted by Gasteiger charge is -2.34. The molecule has 2 unspecified atom stereocenters. The molecule has 0 radical (unpaired) electrons. The summed E-state index contributed by atoms with van der Waals surface area (Å²) >= 11 is 0. The highest BCUT2D eigenvalue weighted by Gasteiger charge is 2.22. The molecular formula is C17H34IN5O. The number of hydrogen-bond acceptors (Lipinski definition) is 3. The summed E-state index contributed by atoms with van der Waals surface area (Å²) < 4.78 is 0. The molecule has 0 aliphatic carbocycles. The van der Waals surface area contributed by atoms with Crippen molar-refractivity contribution in [1.82, 2.24) is 20.9 Å². The van der Waals surface area contributed by atoms with Crippen LogP contribution in [0.4, 0.5) is 0 Å². The number of carbonyl (C=O) groups is 1. The van der Waals surface area contributed by atoms with E-state index in [2.05, 4.69) is 39.7 Å². The van der Waals surface area contributed by atoms with Gasteiger partial charge >= 0.3 is 0 Å². The van der Waals surface area contributed by atoms with E-state index < -0.39 is 0 Å². The third-order valence-electron chi connectivity index (χ3n) is 4.61. The molecule has 0 aromatic heterocycles. The first kappa shape index (κ1) is 21.5. The van der Waals surface area contributed by atoms with Gasteiger partial charge in [-0.1, -0.05) is 13.8 Å². The van der Waals surface area contributed by atoms with Crippen molar-refractivity contribution < 1.29 is 4.79 Å². The smallest absolute Gasteiger partial charge is 0.220 e. The maximum absolute atomic E-state index is 11.2. The molecule has 2 fully saturated rings. The first-order chi connectivity index (χ1) is 11.1. The average Bonchev–Trinajstić information content (AvgIpc) is 2.53. The lowest BCUT2D eigenvalue weighted by atomic mass is 9.97. The van der Waals surface area contributed by atoms with Gasteiger partial charge in [-0.25, -0.2) is 0 Å². The predicted molar refractivity (Wildman–Crippen MR) is 110 cm³/mol. The molecule has 24 heavy (non-hydrogen) atoms. The van der Waals surface area contributed by atoms with Gasteiger partial charge < -0.3 is 20.9 Å². The van der Waals surface area contributed by atoms with Crippen molar-refractivity contribution in [3.05, 3.63) is 0 Å². The summed E-state index contributed by atoms with van der Waals surface area (Å²) in [4.78, 5) is 18.1. The highest BCUT2D eigenvalue weighted by atomic mass is 127. The molecule has 2 aliphatic rings. The lowest BCUT2D eigenvalue weighted by Crippen LogP contribution is -2.52. The zero-order valence-corrected chi connectivity index (χ0v) is 17.6. The van der Waals surface area contributed by atoms with E-state index in [0.29, 0.717) is 18.9 Å². The third-order valence-corrected chi connectivity index (χ3v) is 4.61. The minimum absolute atomic E-state index is 0. The number of aliphatic imine (C=N–C) groups is 1. The summed E-state index contributed by atoms with van der Waals surface area (Å²) in [5.41, 5.74) is 0. The van der Waals surface area contributed by atoms with Gasteiger partial charge in [-0.15, -0.1) is 24.0 Å². The molecule has 0 aromatic carbocycles. The average molecular weight is 451 g/mol. The van der Waals surface area contributed by atoms with Crippen molar-refractivity contribution in [2.75, 3.05) is 39.8 Å². The Balaban J connectivity index is 0.00000288. The van der Waals surface area contributed by atoms with E-state index in [9.17, 15) is 4.79 Å². The Bertz CT molecular complexity index is 406. The Labute approximate surface area is 163 Å². The molecule has 140 valence electrons. The first-order valence-corrected chi connectivity index (χ1v) is 9.03. The molecule has 1 amide bonds. The van der Waals surface area contributed by atoms with Crippen molar-refractivity contribution in [3.63, 3.8) is 0 Å². The number of piperidine rings is 2. The van der Waals surface area contributed by atoms with Crippen LogP contribution in [-0.2, 0) is 4.79 Å². The van der Waals surface area contributed by atoms with Crippen molar-refractivity contribution >= 4 is 35.8 Å². The summed E-state index contributed by atoms with van der Waals surface area (Å²) in [6.07, 6.45) is 4.05. The topological polar surface area (TPSA) is 68.8 Å². The largest absolute Gasteiger partial charge is 0.356 e. The fraction of sp³-hybridized carbons (Fsp3) is 0.882. The van der Waals surface area contributed by atoms with Crippen molar-refractivity contribution in [2.24, 2.45) is 16.8 Å². The normalized spacial score (nSPS) is 25.8. The molecule has 2 saturated heterocycles. The summed E-state index contributed by atoms with van der Waals surface area (Å²) in [5.74, 6) is 2.43. The number of nitrogens with one attached hydrogen (secondary N) is 3. The Morgan fingerprint density at radius 1 is 1.42 bits per heavy atom. The van der Waals surface area contributed by atoms with Gasteiger partial charge in [-0.3, -0.25) is 9.79 Å². The minimum Gasteiger partial charge on any atom is -0.356 e. The molecule has 3 N–H and O–H groups in total. The van der Waals surface area contributed by atoms with Crippen molar-refractivity contribution in [3.8, 4) is 0 Å². The van der Waals surface area contributed by atoms with Crippen molar-refractivity contribution in [2.45, 2.75) is 45.6 Å². The van der Waals surface area contributed by atoms with E-state index >= 15 is 0 Å². The van der Waals surface area contributed by atoms with E-state index in [1.54, 1.807) is 0 Å². The first-order valence-electron chi connectivity index (χ1n) is 9.03. The fourth-order valence-corrected chi connectivity index (χ4v) is 3.49. The number of hydrogen-bond donors (Lipinski definition) is 3. The van der Waals surface area contributed by atoms with Crippen LogP contribution in [0, 0.1) is 11.8 Å². The monoisotopic (exact) mass is 451 g/mol. The number of guanidine groups is 1. The van der Waals surface area contributed by atoms with Crippen LogP contribution < -0.4 is 16.0 Å². The van der Waals surface area contributed by atoms with Gasteiger partial charge in [0.1, 0.15) is 0 Å². The maximum atomic E-state index is 11.2. The van der Waals surface area contributed by atoms with Gasteiger partial charge in [0.2, 0.25) is 5.91 Å². The molecule has 0 spiro atoms. The molecule has 2 aliphatic heterocycles. The maximum Gasteiger partial charge on any atom is 0.220 e. The van der Waals surface area contributed by atoms with Gasteiger partial charge in [-0.05, 0) is 37.6 Å². The van der Waals surface area contributed by atoms with Crippen LogP contribution in [0.3, 0.4) is 0 Å². The second-order valence-corrected chi connectivity index (χ2v) is 7.30. The Kier molecular flexibility index (Phi) is 9.95. The lowest BCUT2D eigenvalue weighted by molar-refractivity contribution is -0.122. The summed E-state index contributed by atoms with van der Waals surface area (Å²) in [5, 5.41) is 9.79. The number of nitrogens with zero attached hydrogens (tertiary/aromatic N) is 2. The van der Waals surface area contributed by atoms with E-state index in [1.165, 1.54) is 32.5 Å². The summed E-state index contributed by atoms with van der Waals surface area (Å²) in [6.45, 7) is 9.85. The fourth-order valence-electron chi connectivity index (χ4n) is 3.49. The zero-order valence-electron chi connectivity index (χ0n) is 15.3. The second kappa shape index (κ2) is 11.1. The van der Waals surface area contributed by atoms with Crippen LogP contribution in [0.15, 0.2) is 4.99 Å². The van der Waals surface area contributed by atoms with Crippen LogP contribution >= 0.6 is 24.0 Å². The van der Waals surface area contributed by atoms with Gasteiger partial charge in [-0.2, -0.15) is 0 Å². The van der Waals surface area contributed by atoms with Gasteiger partial charge in [0.25, 0.3) is 0 Å². The number of rotatable bonds is 5. The highest BCUT2D eigenvalue weighted by Crippen LogP contribution is 2.16. The van der Waals surface area contributed by atoms with Gasteiger partial charge in [0.05, 0.1) is 0 Å². The van der Waals surface area contributed by atoms with Crippen molar-refractivity contribution in [1.29, 1.82) is 0 Å². The van der Waals surface area contributed by atoms with Crippen LogP contribution in [-0.4, -0.2) is 62.6 Å². The van der Waals surface area contributed by atoms with E-state index in [0.717, 1.165) is 24.8 Å². The second-order valence-electron chi connectivity index (χ2n) is 7.30. The summed E-state index contributed by atoms with van der Waals surface area (Å²) in [6, 6.07) is 0.280. The molecule has 0 aromatic rings. The highest BCUT2D eigenvalue weighted by molar-refractivity contribution is 14.0. The molecule has 0 bridgehead atoms. The van der Waals surface area contributed by atoms with E-state index in [4.69, 9.17) is 0 Å². The third kappa shape index (κ3) is 7.55. The molecule has 2 rings (SSSR count). The minimum atomic E-state index is 0. The number of amides is 1. The van der Waals surface area contributed by atoms with Crippen LogP contribution in [0.25, 0.3) is 0 Å². The Morgan fingerprint density at radius 3 is 2.83 bits per heavy atom. The zero-order chi connectivity index (χ0) is 16.7. The predicted octanol–water partition coefficient (Wildman–Crippen LogP) is 1.42. The molecule has 2 heterocycles. The van der Waals surface area contributed by atoms with E-state index in [1.807, 2.05) is 7.05 Å².